The van der Waals surface area contributed by atoms with Crippen LogP contribution in [-0.2, 0) is 0 Å². The van der Waals surface area contributed by atoms with Crippen molar-refractivity contribution >= 4 is 0 Å². The normalized spacial score (nSPS) is 11.9. The maximum atomic E-state index is 5.86. The highest BCUT2D eigenvalue weighted by molar-refractivity contribution is 5.39. The van der Waals surface area contributed by atoms with Crippen LogP contribution in [0.1, 0.15) is 11.8 Å². The van der Waals surface area contributed by atoms with Crippen LogP contribution >= 0.6 is 0 Å². The highest BCUT2D eigenvalue weighted by Crippen LogP contribution is 2.29. The standard InChI is InChI=1S/C14H16N2O2/c1-17-12-7-2-3-8-13(12)18-14(10-15)11-6-4-5-9-16-11/h2-9,14H,10,15H2,1H3. The number of benzene rings is 1. The molecule has 1 heterocycles. The lowest BCUT2D eigenvalue weighted by Crippen LogP contribution is -2.19. The molecule has 94 valence electrons. The van der Waals surface area contributed by atoms with E-state index >= 15 is 0 Å². The molecule has 2 aromatic rings. The summed E-state index contributed by atoms with van der Waals surface area (Å²) in [5, 5.41) is 0. The molecule has 0 aliphatic carbocycles. The van der Waals surface area contributed by atoms with E-state index in [4.69, 9.17) is 15.2 Å². The van der Waals surface area contributed by atoms with Crippen molar-refractivity contribution in [3.8, 4) is 11.5 Å². The summed E-state index contributed by atoms with van der Waals surface area (Å²) in [6.07, 6.45) is 1.45. The van der Waals surface area contributed by atoms with E-state index in [-0.39, 0.29) is 6.10 Å². The molecule has 0 saturated heterocycles. The summed E-state index contributed by atoms with van der Waals surface area (Å²) < 4.78 is 11.1. The minimum absolute atomic E-state index is 0.275. The quantitative estimate of drug-likeness (QED) is 0.875. The molecule has 0 aliphatic rings. The first-order chi connectivity index (χ1) is 8.85. The number of para-hydroxylation sites is 2. The summed E-state index contributed by atoms with van der Waals surface area (Å²) in [4.78, 5) is 4.26. The zero-order valence-corrected chi connectivity index (χ0v) is 10.2. The second-order valence-electron chi connectivity index (χ2n) is 3.75. The predicted molar refractivity (Wildman–Crippen MR) is 69.7 cm³/mol. The van der Waals surface area contributed by atoms with Crippen LogP contribution in [0.2, 0.25) is 0 Å². The van der Waals surface area contributed by atoms with Crippen molar-refractivity contribution < 1.29 is 9.47 Å². The lowest BCUT2D eigenvalue weighted by Gasteiger charge is -2.18. The molecule has 0 saturated carbocycles. The molecule has 4 heteroatoms. The van der Waals surface area contributed by atoms with Gasteiger partial charge in [0.15, 0.2) is 17.6 Å². The first kappa shape index (κ1) is 12.4. The van der Waals surface area contributed by atoms with Crippen molar-refractivity contribution in [1.29, 1.82) is 0 Å². The van der Waals surface area contributed by atoms with Crippen LogP contribution < -0.4 is 15.2 Å². The van der Waals surface area contributed by atoms with Crippen molar-refractivity contribution in [2.45, 2.75) is 6.10 Å². The fourth-order valence-corrected chi connectivity index (χ4v) is 1.67. The Labute approximate surface area is 106 Å². The molecule has 0 aliphatic heterocycles. The van der Waals surface area contributed by atoms with E-state index in [1.165, 1.54) is 0 Å². The number of pyridine rings is 1. The second kappa shape index (κ2) is 6.02. The van der Waals surface area contributed by atoms with Gasteiger partial charge < -0.3 is 15.2 Å². The summed E-state index contributed by atoms with van der Waals surface area (Å²) >= 11 is 0. The molecule has 0 bridgehead atoms. The average Bonchev–Trinajstić information content (AvgIpc) is 2.46. The highest BCUT2D eigenvalue weighted by atomic mass is 16.5. The minimum atomic E-state index is -0.275. The maximum Gasteiger partial charge on any atom is 0.162 e. The van der Waals surface area contributed by atoms with Gasteiger partial charge in [0.05, 0.1) is 12.8 Å². The minimum Gasteiger partial charge on any atom is -0.493 e. The third-order valence-corrected chi connectivity index (χ3v) is 2.57. The van der Waals surface area contributed by atoms with Gasteiger partial charge >= 0.3 is 0 Å². The van der Waals surface area contributed by atoms with E-state index in [9.17, 15) is 0 Å². The fourth-order valence-electron chi connectivity index (χ4n) is 1.67. The van der Waals surface area contributed by atoms with E-state index in [1.807, 2.05) is 42.5 Å². The molecule has 0 spiro atoms. The zero-order valence-electron chi connectivity index (χ0n) is 10.2. The van der Waals surface area contributed by atoms with Crippen LogP contribution in [0, 0.1) is 0 Å². The first-order valence-electron chi connectivity index (χ1n) is 5.76. The summed E-state index contributed by atoms with van der Waals surface area (Å²) in [5.41, 5.74) is 6.55. The Morgan fingerprint density at radius 3 is 2.44 bits per heavy atom. The summed E-state index contributed by atoms with van der Waals surface area (Å²) in [6.45, 7) is 0.356. The highest BCUT2D eigenvalue weighted by Gasteiger charge is 2.14. The lowest BCUT2D eigenvalue weighted by atomic mass is 10.2. The number of hydrogen-bond donors (Lipinski definition) is 1. The summed E-state index contributed by atoms with van der Waals surface area (Å²) in [6, 6.07) is 13.2. The molecule has 1 aromatic heterocycles. The van der Waals surface area contributed by atoms with E-state index in [0.717, 1.165) is 5.69 Å². The van der Waals surface area contributed by atoms with Crippen molar-refractivity contribution in [2.24, 2.45) is 5.73 Å². The molecule has 0 amide bonds. The Balaban J connectivity index is 2.21. The molecule has 1 aromatic carbocycles. The SMILES string of the molecule is COc1ccccc1OC(CN)c1ccccn1. The van der Waals surface area contributed by atoms with Gasteiger partial charge in [0, 0.05) is 12.7 Å². The zero-order chi connectivity index (χ0) is 12.8. The summed E-state index contributed by atoms with van der Waals surface area (Å²) in [5.74, 6) is 1.35. The number of methoxy groups -OCH3 is 1. The Morgan fingerprint density at radius 2 is 1.83 bits per heavy atom. The number of nitrogens with zero attached hydrogens (tertiary/aromatic N) is 1. The topological polar surface area (TPSA) is 57.4 Å². The van der Waals surface area contributed by atoms with Crippen molar-refractivity contribution in [2.75, 3.05) is 13.7 Å². The van der Waals surface area contributed by atoms with Gasteiger partial charge in [-0.1, -0.05) is 18.2 Å². The number of rotatable bonds is 5. The molecule has 1 unspecified atom stereocenters. The molecule has 4 nitrogen and oxygen atoms in total. The smallest absolute Gasteiger partial charge is 0.162 e. The van der Waals surface area contributed by atoms with E-state index in [1.54, 1.807) is 13.3 Å². The molecular formula is C14H16N2O2. The van der Waals surface area contributed by atoms with Gasteiger partial charge in [0.25, 0.3) is 0 Å². The van der Waals surface area contributed by atoms with Crippen molar-refractivity contribution in [1.82, 2.24) is 4.98 Å². The van der Waals surface area contributed by atoms with Gasteiger partial charge in [-0.25, -0.2) is 0 Å². The molecule has 2 rings (SSSR count). The average molecular weight is 244 g/mol. The van der Waals surface area contributed by atoms with Gasteiger partial charge in [0.2, 0.25) is 0 Å². The van der Waals surface area contributed by atoms with Crippen LogP contribution in [0.15, 0.2) is 48.7 Å². The molecule has 0 fully saturated rings. The van der Waals surface area contributed by atoms with Crippen LogP contribution in [0.3, 0.4) is 0 Å². The van der Waals surface area contributed by atoms with Crippen LogP contribution in [0.5, 0.6) is 11.5 Å². The largest absolute Gasteiger partial charge is 0.493 e. The summed E-state index contributed by atoms with van der Waals surface area (Å²) in [7, 11) is 1.61. The van der Waals surface area contributed by atoms with Crippen molar-refractivity contribution in [3.63, 3.8) is 0 Å². The maximum absolute atomic E-state index is 5.86. The number of aromatic nitrogens is 1. The van der Waals surface area contributed by atoms with E-state index in [0.29, 0.717) is 18.0 Å². The Hall–Kier alpha value is -2.07. The third-order valence-electron chi connectivity index (χ3n) is 2.57. The first-order valence-corrected chi connectivity index (χ1v) is 5.76. The van der Waals surface area contributed by atoms with Gasteiger partial charge in [-0.2, -0.15) is 0 Å². The van der Waals surface area contributed by atoms with E-state index in [2.05, 4.69) is 4.98 Å². The van der Waals surface area contributed by atoms with Gasteiger partial charge in [0.1, 0.15) is 0 Å². The third kappa shape index (κ3) is 2.78. The molecular weight excluding hydrogens is 228 g/mol. The Kier molecular flexibility index (Phi) is 4.15. The second-order valence-corrected chi connectivity index (χ2v) is 3.75. The molecule has 2 N–H and O–H groups in total. The molecule has 0 radical (unpaired) electrons. The molecule has 1 atom stereocenters. The predicted octanol–water partition coefficient (Wildman–Crippen LogP) is 2.17. The van der Waals surface area contributed by atoms with Gasteiger partial charge in [-0.15, -0.1) is 0 Å². The van der Waals surface area contributed by atoms with Crippen molar-refractivity contribution in [3.05, 3.63) is 54.4 Å². The van der Waals surface area contributed by atoms with E-state index < -0.39 is 0 Å². The van der Waals surface area contributed by atoms with Gasteiger partial charge in [-0.05, 0) is 24.3 Å². The Morgan fingerprint density at radius 1 is 1.11 bits per heavy atom. The Bertz CT molecular complexity index is 488. The number of ether oxygens (including phenoxy) is 2. The monoisotopic (exact) mass is 244 g/mol. The van der Waals surface area contributed by atoms with Crippen LogP contribution in [-0.4, -0.2) is 18.6 Å². The number of nitrogens with two attached hydrogens (primary N) is 1. The van der Waals surface area contributed by atoms with Gasteiger partial charge in [-0.3, -0.25) is 4.98 Å². The number of hydrogen-bond acceptors (Lipinski definition) is 4. The fraction of sp³-hybridized carbons (Fsp3) is 0.214. The van der Waals surface area contributed by atoms with Crippen LogP contribution in [0.25, 0.3) is 0 Å². The van der Waals surface area contributed by atoms with Crippen LogP contribution in [0.4, 0.5) is 0 Å². The molecule has 18 heavy (non-hydrogen) atoms. The lowest BCUT2D eigenvalue weighted by molar-refractivity contribution is 0.200.